The van der Waals surface area contributed by atoms with Crippen molar-refractivity contribution in [1.82, 2.24) is 9.62 Å². The number of thioether (sulfide) groups is 1. The lowest BCUT2D eigenvalue weighted by Crippen LogP contribution is -2.46. The van der Waals surface area contributed by atoms with E-state index < -0.39 is 28.5 Å². The summed E-state index contributed by atoms with van der Waals surface area (Å²) >= 11 is 13.6. The molecule has 0 saturated carbocycles. The third-order valence-electron chi connectivity index (χ3n) is 3.98. The molecule has 2 aromatic rings. The third kappa shape index (κ3) is 7.02. The minimum Gasteiger partial charge on any atom is -0.354 e. The summed E-state index contributed by atoms with van der Waals surface area (Å²) in [5.74, 6) is 0.308. The van der Waals surface area contributed by atoms with Crippen molar-refractivity contribution in [1.29, 1.82) is 0 Å². The van der Waals surface area contributed by atoms with Crippen molar-refractivity contribution in [3.8, 4) is 0 Å². The van der Waals surface area contributed by atoms with E-state index in [1.807, 2.05) is 6.07 Å². The number of hydrogen-bond donors (Lipinski definition) is 1. The zero-order valence-corrected chi connectivity index (χ0v) is 19.6. The zero-order valence-electron chi connectivity index (χ0n) is 16.4. The number of amides is 1. The van der Waals surface area contributed by atoms with E-state index in [1.54, 1.807) is 23.9 Å². The van der Waals surface area contributed by atoms with Crippen LogP contribution in [0.25, 0.3) is 0 Å². The van der Waals surface area contributed by atoms with Crippen molar-refractivity contribution in [3.63, 3.8) is 0 Å². The van der Waals surface area contributed by atoms with E-state index in [-0.39, 0.29) is 5.69 Å². The van der Waals surface area contributed by atoms with Crippen molar-refractivity contribution in [2.24, 2.45) is 0 Å². The highest BCUT2D eigenvalue weighted by Crippen LogP contribution is 2.24. The zero-order chi connectivity index (χ0) is 22.3. The molecule has 1 amide bonds. The molecule has 0 radical (unpaired) electrons. The highest BCUT2D eigenvalue weighted by Gasteiger charge is 2.27. The van der Waals surface area contributed by atoms with E-state index in [1.165, 1.54) is 26.2 Å². The quantitative estimate of drug-likeness (QED) is 0.511. The standard InChI is InChI=1S/C19H22Cl2FN3O3S2/c1-24(2)30(27,28)25(17-7-5-16(22)6-8-17)12-19(26)23-9-10-29-13-14-3-4-15(20)11-18(14)21/h3-8,11H,9-10,12-13H2,1-2H3,(H,23,26). The number of hydrogen-bond acceptors (Lipinski definition) is 4. The molecule has 0 aliphatic carbocycles. The van der Waals surface area contributed by atoms with E-state index in [0.717, 1.165) is 26.3 Å². The Bertz CT molecular complexity index is 973. The number of anilines is 1. The Hall–Kier alpha value is -1.52. The van der Waals surface area contributed by atoms with Gasteiger partial charge in [0.25, 0.3) is 0 Å². The number of nitrogens with zero attached hydrogens (tertiary/aromatic N) is 2. The van der Waals surface area contributed by atoms with Crippen LogP contribution in [-0.2, 0) is 20.8 Å². The second-order valence-electron chi connectivity index (χ2n) is 6.41. The lowest BCUT2D eigenvalue weighted by molar-refractivity contribution is -0.119. The molecule has 2 rings (SSSR count). The molecule has 0 fully saturated rings. The minimum atomic E-state index is -3.93. The Morgan fingerprint density at radius 2 is 1.80 bits per heavy atom. The van der Waals surface area contributed by atoms with Gasteiger partial charge in [-0.2, -0.15) is 24.5 Å². The smallest absolute Gasteiger partial charge is 0.304 e. The molecule has 0 aromatic heterocycles. The monoisotopic (exact) mass is 493 g/mol. The Balaban J connectivity index is 1.90. The van der Waals surface area contributed by atoms with Crippen LogP contribution in [-0.4, -0.2) is 51.6 Å². The van der Waals surface area contributed by atoms with Gasteiger partial charge in [0, 0.05) is 42.2 Å². The lowest BCUT2D eigenvalue weighted by Gasteiger charge is -2.26. The van der Waals surface area contributed by atoms with Crippen LogP contribution in [0.2, 0.25) is 10.0 Å². The molecule has 0 bridgehead atoms. The summed E-state index contributed by atoms with van der Waals surface area (Å²) in [5.41, 5.74) is 1.14. The molecule has 6 nitrogen and oxygen atoms in total. The second kappa shape index (κ2) is 11.2. The van der Waals surface area contributed by atoms with E-state index in [0.29, 0.717) is 28.1 Å². The molecule has 164 valence electrons. The van der Waals surface area contributed by atoms with E-state index in [9.17, 15) is 17.6 Å². The van der Waals surface area contributed by atoms with Crippen LogP contribution in [0, 0.1) is 5.82 Å². The van der Waals surface area contributed by atoms with Gasteiger partial charge in [-0.25, -0.2) is 8.70 Å². The summed E-state index contributed by atoms with van der Waals surface area (Å²) in [7, 11) is -1.20. The number of halogens is 3. The van der Waals surface area contributed by atoms with E-state index >= 15 is 0 Å². The maximum absolute atomic E-state index is 13.2. The predicted octanol–water partition coefficient (Wildman–Crippen LogP) is 3.79. The maximum Gasteiger partial charge on any atom is 0.304 e. The molecule has 2 aromatic carbocycles. The largest absolute Gasteiger partial charge is 0.354 e. The summed E-state index contributed by atoms with van der Waals surface area (Å²) in [5, 5.41) is 3.86. The molecule has 0 atom stereocenters. The van der Waals surface area contributed by atoms with Crippen LogP contribution >= 0.6 is 35.0 Å². The van der Waals surface area contributed by atoms with Crippen LogP contribution < -0.4 is 9.62 Å². The molecule has 0 spiro atoms. The number of benzene rings is 2. The van der Waals surface area contributed by atoms with Gasteiger partial charge in [-0.15, -0.1) is 0 Å². The SMILES string of the molecule is CN(C)S(=O)(=O)N(CC(=O)NCCSCc1ccc(Cl)cc1Cl)c1ccc(F)cc1. The van der Waals surface area contributed by atoms with Crippen molar-refractivity contribution in [2.45, 2.75) is 5.75 Å². The molecular weight excluding hydrogens is 472 g/mol. The van der Waals surface area contributed by atoms with Crippen molar-refractivity contribution in [3.05, 3.63) is 63.9 Å². The Morgan fingerprint density at radius 1 is 1.13 bits per heavy atom. The maximum atomic E-state index is 13.2. The van der Waals surface area contributed by atoms with Crippen LogP contribution in [0.1, 0.15) is 5.56 Å². The van der Waals surface area contributed by atoms with Gasteiger partial charge in [-0.3, -0.25) is 4.79 Å². The van der Waals surface area contributed by atoms with Gasteiger partial charge in [-0.05, 0) is 42.0 Å². The number of nitrogens with one attached hydrogen (secondary N) is 1. The molecule has 0 aliphatic heterocycles. The van der Waals surface area contributed by atoms with E-state index in [4.69, 9.17) is 23.2 Å². The predicted molar refractivity (Wildman–Crippen MR) is 122 cm³/mol. The summed E-state index contributed by atoms with van der Waals surface area (Å²) in [4.78, 5) is 12.3. The Morgan fingerprint density at radius 3 is 2.40 bits per heavy atom. The van der Waals surface area contributed by atoms with Crippen LogP contribution in [0.5, 0.6) is 0 Å². The van der Waals surface area contributed by atoms with Gasteiger partial charge in [0.1, 0.15) is 12.4 Å². The van der Waals surface area contributed by atoms with Gasteiger partial charge in [-0.1, -0.05) is 29.3 Å². The first kappa shape index (κ1) is 24.7. The van der Waals surface area contributed by atoms with Gasteiger partial charge in [0.05, 0.1) is 5.69 Å². The normalized spacial score (nSPS) is 11.5. The molecule has 0 saturated heterocycles. The average molecular weight is 494 g/mol. The fraction of sp³-hybridized carbons (Fsp3) is 0.316. The van der Waals surface area contributed by atoms with E-state index in [2.05, 4.69) is 5.32 Å². The molecule has 0 unspecified atom stereocenters. The molecule has 30 heavy (non-hydrogen) atoms. The van der Waals surface area contributed by atoms with Crippen LogP contribution in [0.15, 0.2) is 42.5 Å². The number of carbonyl (C=O) groups excluding carboxylic acids is 1. The minimum absolute atomic E-state index is 0.201. The van der Waals surface area contributed by atoms with Crippen molar-refractivity contribution in [2.75, 3.05) is 37.2 Å². The van der Waals surface area contributed by atoms with Gasteiger partial charge in [0.15, 0.2) is 0 Å². The molecule has 0 heterocycles. The summed E-state index contributed by atoms with van der Waals surface area (Å²) in [6.07, 6.45) is 0. The first-order valence-electron chi connectivity index (χ1n) is 8.85. The summed E-state index contributed by atoms with van der Waals surface area (Å²) in [6.45, 7) is -0.0617. The number of rotatable bonds is 10. The Labute approximate surface area is 190 Å². The first-order valence-corrected chi connectivity index (χ1v) is 12.2. The fourth-order valence-electron chi connectivity index (χ4n) is 2.38. The first-order chi connectivity index (χ1) is 14.1. The van der Waals surface area contributed by atoms with Gasteiger partial charge >= 0.3 is 10.2 Å². The third-order valence-corrected chi connectivity index (χ3v) is 7.40. The summed E-state index contributed by atoms with van der Waals surface area (Å²) in [6, 6.07) is 10.2. The van der Waals surface area contributed by atoms with Gasteiger partial charge < -0.3 is 5.32 Å². The molecular formula is C19H22Cl2FN3O3S2. The highest BCUT2D eigenvalue weighted by atomic mass is 35.5. The number of carbonyl (C=O) groups is 1. The van der Waals surface area contributed by atoms with Gasteiger partial charge in [0.2, 0.25) is 5.91 Å². The second-order valence-corrected chi connectivity index (χ2v) is 10.4. The average Bonchev–Trinajstić information content (AvgIpc) is 2.68. The van der Waals surface area contributed by atoms with Crippen LogP contribution in [0.3, 0.4) is 0 Å². The van der Waals surface area contributed by atoms with Crippen LogP contribution in [0.4, 0.5) is 10.1 Å². The van der Waals surface area contributed by atoms with Crippen molar-refractivity contribution < 1.29 is 17.6 Å². The molecule has 1 N–H and O–H groups in total. The lowest BCUT2D eigenvalue weighted by atomic mass is 10.2. The fourth-order valence-corrected chi connectivity index (χ4v) is 4.86. The summed E-state index contributed by atoms with van der Waals surface area (Å²) < 4.78 is 40.3. The Kier molecular flexibility index (Phi) is 9.24. The van der Waals surface area contributed by atoms with Crippen molar-refractivity contribution >= 4 is 56.8 Å². The topological polar surface area (TPSA) is 69.7 Å². The highest BCUT2D eigenvalue weighted by molar-refractivity contribution is 7.98. The molecule has 0 aliphatic rings. The molecule has 11 heteroatoms.